The van der Waals surface area contributed by atoms with E-state index in [1.807, 2.05) is 0 Å². The topological polar surface area (TPSA) is 24.5 Å². The molecular formula is C18H30N2O. The molecule has 2 rings (SSSR count). The number of ether oxygens (including phenoxy) is 1. The molecule has 1 aliphatic heterocycles. The highest BCUT2D eigenvalue weighted by Crippen LogP contribution is 2.18. The molecule has 0 atom stereocenters. The Kier molecular flexibility index (Phi) is 7.20. The van der Waals surface area contributed by atoms with Crippen molar-refractivity contribution in [1.29, 1.82) is 0 Å². The van der Waals surface area contributed by atoms with Crippen LogP contribution in [-0.4, -0.2) is 44.8 Å². The second kappa shape index (κ2) is 9.19. The van der Waals surface area contributed by atoms with Gasteiger partial charge in [0.05, 0.1) is 0 Å². The first-order chi connectivity index (χ1) is 10.3. The van der Waals surface area contributed by atoms with Gasteiger partial charge in [0.2, 0.25) is 0 Å². The predicted octanol–water partition coefficient (Wildman–Crippen LogP) is 2.70. The van der Waals surface area contributed by atoms with Gasteiger partial charge in [-0.3, -0.25) is 0 Å². The molecule has 0 bridgehead atoms. The second-order valence-corrected chi connectivity index (χ2v) is 6.12. The smallest absolute Gasteiger partial charge is 0.0469 e. The molecule has 1 N–H and O–H groups in total. The number of hydrogen-bond donors (Lipinski definition) is 1. The Morgan fingerprint density at radius 1 is 1.19 bits per heavy atom. The molecule has 118 valence electrons. The molecule has 3 heteroatoms. The van der Waals surface area contributed by atoms with Gasteiger partial charge in [0.25, 0.3) is 0 Å². The lowest BCUT2D eigenvalue weighted by Gasteiger charge is -2.27. The van der Waals surface area contributed by atoms with Gasteiger partial charge < -0.3 is 15.0 Å². The zero-order chi connectivity index (χ0) is 14.9. The van der Waals surface area contributed by atoms with Gasteiger partial charge in [-0.2, -0.15) is 0 Å². The van der Waals surface area contributed by atoms with E-state index in [1.165, 1.54) is 30.5 Å². The van der Waals surface area contributed by atoms with Crippen molar-refractivity contribution in [2.45, 2.75) is 32.7 Å². The van der Waals surface area contributed by atoms with Gasteiger partial charge in [-0.25, -0.2) is 0 Å². The molecule has 1 aliphatic rings. The molecule has 1 heterocycles. The molecular weight excluding hydrogens is 260 g/mol. The highest BCUT2D eigenvalue weighted by Gasteiger charge is 2.16. The van der Waals surface area contributed by atoms with Crippen molar-refractivity contribution in [3.63, 3.8) is 0 Å². The third kappa shape index (κ3) is 5.77. The number of hydrogen-bond acceptors (Lipinski definition) is 3. The SMILES string of the molecule is CCNCCc1ccccc1CN(C)CC1CCOCC1. The minimum Gasteiger partial charge on any atom is -0.381 e. The van der Waals surface area contributed by atoms with E-state index >= 15 is 0 Å². The van der Waals surface area contributed by atoms with Crippen LogP contribution >= 0.6 is 0 Å². The van der Waals surface area contributed by atoms with E-state index in [4.69, 9.17) is 4.74 Å². The van der Waals surface area contributed by atoms with Crippen molar-refractivity contribution >= 4 is 0 Å². The number of rotatable bonds is 8. The molecule has 0 aliphatic carbocycles. The quantitative estimate of drug-likeness (QED) is 0.745. The van der Waals surface area contributed by atoms with Crippen LogP contribution in [0.2, 0.25) is 0 Å². The minimum absolute atomic E-state index is 0.803. The molecule has 0 saturated carbocycles. The van der Waals surface area contributed by atoms with Crippen molar-refractivity contribution in [1.82, 2.24) is 10.2 Å². The molecule has 0 radical (unpaired) electrons. The van der Waals surface area contributed by atoms with Crippen LogP contribution in [0.15, 0.2) is 24.3 Å². The summed E-state index contributed by atoms with van der Waals surface area (Å²) in [6.07, 6.45) is 3.55. The lowest BCUT2D eigenvalue weighted by Crippen LogP contribution is -2.29. The van der Waals surface area contributed by atoms with Crippen LogP contribution in [0.5, 0.6) is 0 Å². The van der Waals surface area contributed by atoms with Gasteiger partial charge in [-0.15, -0.1) is 0 Å². The number of benzene rings is 1. The first kappa shape index (κ1) is 16.5. The fraction of sp³-hybridized carbons (Fsp3) is 0.667. The van der Waals surface area contributed by atoms with Crippen molar-refractivity contribution < 1.29 is 4.74 Å². The van der Waals surface area contributed by atoms with Gasteiger partial charge in [-0.05, 0) is 56.4 Å². The summed E-state index contributed by atoms with van der Waals surface area (Å²) >= 11 is 0. The van der Waals surface area contributed by atoms with E-state index in [9.17, 15) is 0 Å². The van der Waals surface area contributed by atoms with Crippen molar-refractivity contribution in [3.8, 4) is 0 Å². The summed E-state index contributed by atoms with van der Waals surface area (Å²) in [7, 11) is 2.25. The molecule has 0 spiro atoms. The zero-order valence-corrected chi connectivity index (χ0v) is 13.6. The maximum atomic E-state index is 5.45. The second-order valence-electron chi connectivity index (χ2n) is 6.12. The van der Waals surface area contributed by atoms with Crippen molar-refractivity contribution in [3.05, 3.63) is 35.4 Å². The van der Waals surface area contributed by atoms with E-state index in [2.05, 4.69) is 48.5 Å². The van der Waals surface area contributed by atoms with E-state index in [1.54, 1.807) is 0 Å². The monoisotopic (exact) mass is 290 g/mol. The molecule has 1 saturated heterocycles. The summed E-state index contributed by atoms with van der Waals surface area (Å²) in [4.78, 5) is 2.47. The molecule has 1 aromatic carbocycles. The standard InChI is InChI=1S/C18H30N2O/c1-3-19-11-8-17-6-4-5-7-18(17)15-20(2)14-16-9-12-21-13-10-16/h4-7,16,19H,3,8-15H2,1-2H3. The van der Waals surface area contributed by atoms with Crippen LogP contribution in [0.3, 0.4) is 0 Å². The summed E-state index contributed by atoms with van der Waals surface area (Å²) in [6.45, 7) is 8.40. The van der Waals surface area contributed by atoms with Crippen LogP contribution in [0, 0.1) is 5.92 Å². The number of nitrogens with zero attached hydrogens (tertiary/aromatic N) is 1. The Morgan fingerprint density at radius 2 is 1.90 bits per heavy atom. The number of nitrogens with one attached hydrogen (secondary N) is 1. The molecule has 0 amide bonds. The number of likely N-dealkylation sites (N-methyl/N-ethyl adjacent to an activating group) is 1. The highest BCUT2D eigenvalue weighted by molar-refractivity contribution is 5.27. The Morgan fingerprint density at radius 3 is 2.62 bits per heavy atom. The summed E-state index contributed by atoms with van der Waals surface area (Å²) in [5.74, 6) is 0.803. The lowest BCUT2D eigenvalue weighted by molar-refractivity contribution is 0.0549. The maximum absolute atomic E-state index is 5.45. The molecule has 1 aromatic rings. The largest absolute Gasteiger partial charge is 0.381 e. The van der Waals surface area contributed by atoms with Crippen LogP contribution < -0.4 is 5.32 Å². The maximum Gasteiger partial charge on any atom is 0.0469 e. The zero-order valence-electron chi connectivity index (χ0n) is 13.6. The minimum atomic E-state index is 0.803. The van der Waals surface area contributed by atoms with Crippen LogP contribution in [0.4, 0.5) is 0 Å². The average molecular weight is 290 g/mol. The van der Waals surface area contributed by atoms with E-state index in [0.717, 1.165) is 45.2 Å². The van der Waals surface area contributed by atoms with Gasteiger partial charge in [0.15, 0.2) is 0 Å². The van der Waals surface area contributed by atoms with Gasteiger partial charge >= 0.3 is 0 Å². The predicted molar refractivity (Wildman–Crippen MR) is 88.6 cm³/mol. The van der Waals surface area contributed by atoms with Crippen molar-refractivity contribution in [2.24, 2.45) is 5.92 Å². The van der Waals surface area contributed by atoms with E-state index in [-0.39, 0.29) is 0 Å². The average Bonchev–Trinajstić information content (AvgIpc) is 2.50. The Hall–Kier alpha value is -0.900. The highest BCUT2D eigenvalue weighted by atomic mass is 16.5. The Balaban J connectivity index is 1.85. The van der Waals surface area contributed by atoms with E-state index < -0.39 is 0 Å². The van der Waals surface area contributed by atoms with Crippen LogP contribution in [-0.2, 0) is 17.7 Å². The molecule has 1 fully saturated rings. The normalized spacial score (nSPS) is 16.5. The molecule has 21 heavy (non-hydrogen) atoms. The fourth-order valence-corrected chi connectivity index (χ4v) is 3.08. The molecule has 0 unspecified atom stereocenters. The van der Waals surface area contributed by atoms with Gasteiger partial charge in [-0.1, -0.05) is 31.2 Å². The molecule has 3 nitrogen and oxygen atoms in total. The molecule has 0 aromatic heterocycles. The third-order valence-corrected chi connectivity index (χ3v) is 4.29. The van der Waals surface area contributed by atoms with Crippen LogP contribution in [0.25, 0.3) is 0 Å². The van der Waals surface area contributed by atoms with Gasteiger partial charge in [0.1, 0.15) is 0 Å². The summed E-state index contributed by atoms with van der Waals surface area (Å²) < 4.78 is 5.45. The Labute approximate surface area is 129 Å². The van der Waals surface area contributed by atoms with Crippen molar-refractivity contribution in [2.75, 3.05) is 39.9 Å². The third-order valence-electron chi connectivity index (χ3n) is 4.29. The lowest BCUT2D eigenvalue weighted by atomic mass is 9.99. The Bertz CT molecular complexity index is 402. The first-order valence-corrected chi connectivity index (χ1v) is 8.33. The fourth-order valence-electron chi connectivity index (χ4n) is 3.08. The summed E-state index contributed by atoms with van der Waals surface area (Å²) in [5, 5.41) is 3.42. The van der Waals surface area contributed by atoms with Gasteiger partial charge in [0, 0.05) is 26.3 Å². The summed E-state index contributed by atoms with van der Waals surface area (Å²) in [5.41, 5.74) is 2.96. The first-order valence-electron chi connectivity index (χ1n) is 8.33. The summed E-state index contributed by atoms with van der Waals surface area (Å²) in [6, 6.07) is 8.87. The van der Waals surface area contributed by atoms with E-state index in [0.29, 0.717) is 0 Å². The van der Waals surface area contributed by atoms with Crippen LogP contribution in [0.1, 0.15) is 30.9 Å².